The van der Waals surface area contributed by atoms with Crippen molar-refractivity contribution in [1.29, 1.82) is 0 Å². The van der Waals surface area contributed by atoms with Crippen molar-refractivity contribution in [2.24, 2.45) is 0 Å². The fourth-order valence-corrected chi connectivity index (χ4v) is 2.91. The molecule has 114 valence electrons. The van der Waals surface area contributed by atoms with Gasteiger partial charge in [-0.25, -0.2) is 9.50 Å². The van der Waals surface area contributed by atoms with Crippen LogP contribution in [0.15, 0.2) is 53.4 Å². The monoisotopic (exact) mass is 360 g/mol. The van der Waals surface area contributed by atoms with E-state index >= 15 is 0 Å². The van der Waals surface area contributed by atoms with Crippen LogP contribution in [0.5, 0.6) is 0 Å². The van der Waals surface area contributed by atoms with Crippen molar-refractivity contribution in [3.63, 3.8) is 0 Å². The van der Waals surface area contributed by atoms with Crippen LogP contribution in [0.1, 0.15) is 25.0 Å². The summed E-state index contributed by atoms with van der Waals surface area (Å²) in [5.74, 6) is 0.750. The largest absolute Gasteiger partial charge is 0.388 e. The number of anilines is 1. The fourth-order valence-electron chi connectivity index (χ4n) is 2.45. The number of aromatic nitrogens is 3. The molecule has 0 fully saturated rings. The van der Waals surface area contributed by atoms with Crippen molar-refractivity contribution in [3.05, 3.63) is 59.0 Å². The van der Waals surface area contributed by atoms with Crippen LogP contribution in [0.2, 0.25) is 0 Å². The molecule has 2 heterocycles. The lowest BCUT2D eigenvalue weighted by Gasteiger charge is -2.19. The number of aliphatic hydroxyl groups is 1. The summed E-state index contributed by atoms with van der Waals surface area (Å²) in [4.78, 5) is 4.38. The Morgan fingerprint density at radius 1 is 1.32 bits per heavy atom. The Morgan fingerprint density at radius 2 is 2.09 bits per heavy atom. The molecule has 0 aliphatic heterocycles. The quantitative estimate of drug-likeness (QED) is 0.731. The van der Waals surface area contributed by atoms with Gasteiger partial charge >= 0.3 is 0 Å². The molecule has 22 heavy (non-hydrogen) atoms. The molecule has 2 aromatic heterocycles. The zero-order valence-corrected chi connectivity index (χ0v) is 13.7. The van der Waals surface area contributed by atoms with Gasteiger partial charge in [-0.05, 0) is 34.8 Å². The normalized spacial score (nSPS) is 14.0. The molecule has 3 aromatic rings. The van der Waals surface area contributed by atoms with Gasteiger partial charge in [0.1, 0.15) is 5.52 Å². The van der Waals surface area contributed by atoms with E-state index in [1.165, 1.54) is 0 Å². The number of aliphatic hydroxyl groups excluding tert-OH is 1. The Morgan fingerprint density at radius 3 is 2.86 bits per heavy atom. The number of hydrogen-bond donors (Lipinski definition) is 2. The maximum Gasteiger partial charge on any atom is 0.153 e. The molecule has 2 N–H and O–H groups in total. The van der Waals surface area contributed by atoms with Gasteiger partial charge in [0.05, 0.1) is 16.8 Å². The van der Waals surface area contributed by atoms with E-state index in [9.17, 15) is 5.11 Å². The summed E-state index contributed by atoms with van der Waals surface area (Å²) < 4.78 is 2.65. The first-order valence-corrected chi connectivity index (χ1v) is 7.92. The average molecular weight is 361 g/mol. The Bertz CT molecular complexity index is 759. The van der Waals surface area contributed by atoms with E-state index < -0.39 is 6.10 Å². The van der Waals surface area contributed by atoms with Crippen LogP contribution >= 0.6 is 15.9 Å². The summed E-state index contributed by atoms with van der Waals surface area (Å²) in [5.41, 5.74) is 1.82. The molecule has 0 radical (unpaired) electrons. The minimum Gasteiger partial charge on any atom is -0.388 e. The summed E-state index contributed by atoms with van der Waals surface area (Å²) in [5, 5.41) is 17.9. The summed E-state index contributed by atoms with van der Waals surface area (Å²) in [6.07, 6.45) is 5.34. The number of hydrogen-bond acceptors (Lipinski definition) is 4. The standard InChI is InChI=1S/C16H17BrN4O/c1-11(9-14(22)12-5-3-2-4-6-12)20-16-15-13(17)10-19-21(15)8-7-18-16/h2-8,10-11,14,22H,9H2,1H3,(H,18,20). The van der Waals surface area contributed by atoms with Crippen molar-refractivity contribution in [2.75, 3.05) is 5.32 Å². The zero-order chi connectivity index (χ0) is 15.5. The third-order valence-corrected chi connectivity index (χ3v) is 4.11. The van der Waals surface area contributed by atoms with E-state index in [-0.39, 0.29) is 6.04 Å². The van der Waals surface area contributed by atoms with Gasteiger partial charge in [-0.15, -0.1) is 0 Å². The number of nitrogens with one attached hydrogen (secondary N) is 1. The highest BCUT2D eigenvalue weighted by Gasteiger charge is 2.15. The molecular weight excluding hydrogens is 344 g/mol. The second-order valence-electron chi connectivity index (χ2n) is 5.27. The highest BCUT2D eigenvalue weighted by molar-refractivity contribution is 9.10. The first-order valence-electron chi connectivity index (χ1n) is 7.12. The lowest BCUT2D eigenvalue weighted by molar-refractivity contribution is 0.162. The molecule has 5 nitrogen and oxygen atoms in total. The van der Waals surface area contributed by atoms with Gasteiger partial charge in [0, 0.05) is 18.4 Å². The molecule has 3 rings (SSSR count). The van der Waals surface area contributed by atoms with Gasteiger partial charge in [0.25, 0.3) is 0 Å². The Balaban J connectivity index is 1.73. The van der Waals surface area contributed by atoms with E-state index in [1.807, 2.05) is 37.3 Å². The molecule has 0 bridgehead atoms. The van der Waals surface area contributed by atoms with E-state index in [1.54, 1.807) is 23.1 Å². The second kappa shape index (κ2) is 6.46. The fraction of sp³-hybridized carbons (Fsp3) is 0.250. The number of benzene rings is 1. The van der Waals surface area contributed by atoms with E-state index in [2.05, 4.69) is 31.3 Å². The smallest absolute Gasteiger partial charge is 0.153 e. The lowest BCUT2D eigenvalue weighted by Crippen LogP contribution is -2.20. The van der Waals surface area contributed by atoms with Crippen LogP contribution in [-0.2, 0) is 0 Å². The summed E-state index contributed by atoms with van der Waals surface area (Å²) in [7, 11) is 0. The van der Waals surface area contributed by atoms with Crippen LogP contribution in [0, 0.1) is 0 Å². The van der Waals surface area contributed by atoms with Gasteiger partial charge in [-0.1, -0.05) is 30.3 Å². The Kier molecular flexibility index (Phi) is 4.40. The van der Waals surface area contributed by atoms with Crippen LogP contribution in [0.25, 0.3) is 5.52 Å². The summed E-state index contributed by atoms with van der Waals surface area (Å²) >= 11 is 3.48. The second-order valence-corrected chi connectivity index (χ2v) is 6.12. The number of nitrogens with zero attached hydrogens (tertiary/aromatic N) is 3. The minimum atomic E-state index is -0.503. The van der Waals surface area contributed by atoms with Gasteiger partial charge in [-0.2, -0.15) is 5.10 Å². The third kappa shape index (κ3) is 3.13. The summed E-state index contributed by atoms with van der Waals surface area (Å²) in [6.45, 7) is 2.03. The van der Waals surface area contributed by atoms with Crippen molar-refractivity contribution < 1.29 is 5.11 Å². The van der Waals surface area contributed by atoms with E-state index in [0.717, 1.165) is 21.4 Å². The van der Waals surface area contributed by atoms with Crippen molar-refractivity contribution in [3.8, 4) is 0 Å². The Labute approximate surface area is 137 Å². The molecule has 2 unspecified atom stereocenters. The van der Waals surface area contributed by atoms with E-state index in [4.69, 9.17) is 0 Å². The molecule has 2 atom stereocenters. The maximum atomic E-state index is 10.3. The zero-order valence-electron chi connectivity index (χ0n) is 12.1. The lowest BCUT2D eigenvalue weighted by atomic mass is 10.0. The molecule has 1 aromatic carbocycles. The van der Waals surface area contributed by atoms with Crippen molar-refractivity contribution in [2.45, 2.75) is 25.5 Å². The molecular formula is C16H17BrN4O. The summed E-state index contributed by atoms with van der Waals surface area (Å²) in [6, 6.07) is 9.74. The molecule has 0 spiro atoms. The molecule has 0 amide bonds. The minimum absolute atomic E-state index is 0.0655. The number of halogens is 1. The molecule has 6 heteroatoms. The number of fused-ring (bicyclic) bond motifs is 1. The van der Waals surface area contributed by atoms with Crippen LogP contribution in [0.3, 0.4) is 0 Å². The predicted molar refractivity (Wildman–Crippen MR) is 89.8 cm³/mol. The molecule has 0 aliphatic rings. The van der Waals surface area contributed by atoms with Gasteiger partial charge in [-0.3, -0.25) is 0 Å². The molecule has 0 saturated heterocycles. The SMILES string of the molecule is CC(CC(O)c1ccccc1)Nc1nccn2ncc(Br)c12. The van der Waals surface area contributed by atoms with E-state index in [0.29, 0.717) is 6.42 Å². The average Bonchev–Trinajstić information content (AvgIpc) is 2.90. The topological polar surface area (TPSA) is 62.5 Å². The van der Waals surface area contributed by atoms with Gasteiger partial charge in [0.2, 0.25) is 0 Å². The highest BCUT2D eigenvalue weighted by atomic mass is 79.9. The van der Waals surface area contributed by atoms with Gasteiger partial charge < -0.3 is 10.4 Å². The van der Waals surface area contributed by atoms with Crippen LogP contribution in [0.4, 0.5) is 5.82 Å². The highest BCUT2D eigenvalue weighted by Crippen LogP contribution is 2.25. The first kappa shape index (κ1) is 15.0. The van der Waals surface area contributed by atoms with Crippen molar-refractivity contribution >= 4 is 27.3 Å². The first-order chi connectivity index (χ1) is 10.6. The van der Waals surface area contributed by atoms with Gasteiger partial charge in [0.15, 0.2) is 5.82 Å². The maximum absolute atomic E-state index is 10.3. The Hall–Kier alpha value is -1.92. The van der Waals surface area contributed by atoms with Crippen LogP contribution in [-0.4, -0.2) is 25.7 Å². The molecule has 0 saturated carbocycles. The van der Waals surface area contributed by atoms with Crippen molar-refractivity contribution in [1.82, 2.24) is 14.6 Å². The molecule has 0 aliphatic carbocycles. The predicted octanol–water partition coefficient (Wildman–Crippen LogP) is 3.42. The number of rotatable bonds is 5. The van der Waals surface area contributed by atoms with Crippen LogP contribution < -0.4 is 5.32 Å². The third-order valence-electron chi connectivity index (χ3n) is 3.53.